The second-order valence-corrected chi connectivity index (χ2v) is 4.13. The Labute approximate surface area is 87.8 Å². The Bertz CT molecular complexity index is 177. The summed E-state index contributed by atoms with van der Waals surface area (Å²) in [5.41, 5.74) is 0. The lowest BCUT2D eigenvalue weighted by atomic mass is 9.99. The van der Waals surface area contributed by atoms with Gasteiger partial charge in [0, 0.05) is 12.5 Å². The largest absolute Gasteiger partial charge is 0.316 e. The number of hydrogen-bond acceptors (Lipinski definition) is 2. The Morgan fingerprint density at radius 2 is 2.50 bits per heavy atom. The molecule has 2 atom stereocenters. The highest BCUT2D eigenvalue weighted by molar-refractivity contribution is 4.89. The SMILES string of the molecule is C#CCC(CC)NCC1CCCNC1. The van der Waals surface area contributed by atoms with Crippen molar-refractivity contribution in [2.45, 2.75) is 38.6 Å². The van der Waals surface area contributed by atoms with E-state index in [4.69, 9.17) is 6.42 Å². The van der Waals surface area contributed by atoms with Gasteiger partial charge >= 0.3 is 0 Å². The monoisotopic (exact) mass is 194 g/mol. The molecule has 2 heteroatoms. The van der Waals surface area contributed by atoms with Gasteiger partial charge in [-0.3, -0.25) is 0 Å². The lowest BCUT2D eigenvalue weighted by Gasteiger charge is -2.25. The maximum atomic E-state index is 5.31. The Morgan fingerprint density at radius 1 is 1.64 bits per heavy atom. The van der Waals surface area contributed by atoms with E-state index in [9.17, 15) is 0 Å². The Balaban J connectivity index is 2.14. The summed E-state index contributed by atoms with van der Waals surface area (Å²) in [5.74, 6) is 3.53. The van der Waals surface area contributed by atoms with Crippen molar-refractivity contribution in [2.75, 3.05) is 19.6 Å². The smallest absolute Gasteiger partial charge is 0.0240 e. The van der Waals surface area contributed by atoms with E-state index in [0.717, 1.165) is 25.3 Å². The highest BCUT2D eigenvalue weighted by atomic mass is 14.9. The maximum Gasteiger partial charge on any atom is 0.0240 e. The summed E-state index contributed by atoms with van der Waals surface area (Å²) in [7, 11) is 0. The third kappa shape index (κ3) is 4.13. The van der Waals surface area contributed by atoms with E-state index in [1.165, 1.54) is 25.9 Å². The predicted octanol–water partition coefficient (Wildman–Crippen LogP) is 1.38. The Morgan fingerprint density at radius 3 is 3.07 bits per heavy atom. The van der Waals surface area contributed by atoms with Crippen LogP contribution in [-0.4, -0.2) is 25.7 Å². The quantitative estimate of drug-likeness (QED) is 0.646. The van der Waals surface area contributed by atoms with E-state index in [1.807, 2.05) is 0 Å². The minimum absolute atomic E-state index is 0.516. The third-order valence-corrected chi connectivity index (χ3v) is 2.95. The minimum atomic E-state index is 0.516. The highest BCUT2D eigenvalue weighted by Gasteiger charge is 2.13. The molecule has 0 aromatic heterocycles. The molecule has 1 saturated heterocycles. The van der Waals surface area contributed by atoms with Crippen LogP contribution in [0.15, 0.2) is 0 Å². The molecule has 2 N–H and O–H groups in total. The molecule has 0 aliphatic carbocycles. The van der Waals surface area contributed by atoms with Crippen LogP contribution in [0.25, 0.3) is 0 Å². The zero-order valence-corrected chi connectivity index (χ0v) is 9.18. The molecule has 0 radical (unpaired) electrons. The molecule has 1 rings (SSSR count). The first-order chi connectivity index (χ1) is 6.86. The topological polar surface area (TPSA) is 24.1 Å². The van der Waals surface area contributed by atoms with E-state index in [-0.39, 0.29) is 0 Å². The third-order valence-electron chi connectivity index (χ3n) is 2.95. The first-order valence-corrected chi connectivity index (χ1v) is 5.74. The average molecular weight is 194 g/mol. The van der Waals surface area contributed by atoms with E-state index in [0.29, 0.717) is 6.04 Å². The summed E-state index contributed by atoms with van der Waals surface area (Å²) in [6.45, 7) is 5.67. The molecule has 1 aliphatic heterocycles. The van der Waals surface area contributed by atoms with Gasteiger partial charge in [0.25, 0.3) is 0 Å². The van der Waals surface area contributed by atoms with Crippen LogP contribution in [-0.2, 0) is 0 Å². The molecule has 0 spiro atoms. The molecule has 0 aromatic rings. The van der Waals surface area contributed by atoms with Gasteiger partial charge in [-0.25, -0.2) is 0 Å². The molecule has 0 saturated carbocycles. The van der Waals surface area contributed by atoms with E-state index < -0.39 is 0 Å². The molecule has 2 nitrogen and oxygen atoms in total. The maximum absolute atomic E-state index is 5.31. The molecule has 0 bridgehead atoms. The molecule has 1 heterocycles. The molecule has 14 heavy (non-hydrogen) atoms. The van der Waals surface area contributed by atoms with E-state index >= 15 is 0 Å². The first kappa shape index (κ1) is 11.6. The molecule has 1 fully saturated rings. The normalized spacial score (nSPS) is 24.1. The predicted molar refractivity (Wildman–Crippen MR) is 61.1 cm³/mol. The molecule has 2 unspecified atom stereocenters. The number of piperidine rings is 1. The second kappa shape index (κ2) is 6.86. The van der Waals surface area contributed by atoms with Gasteiger partial charge in [-0.05, 0) is 44.8 Å². The lowest BCUT2D eigenvalue weighted by Crippen LogP contribution is -2.39. The summed E-state index contributed by atoms with van der Waals surface area (Å²) >= 11 is 0. The number of terminal acetylenes is 1. The van der Waals surface area contributed by atoms with E-state index in [1.54, 1.807) is 0 Å². The Hall–Kier alpha value is -0.520. The standard InChI is InChI=1S/C12H22N2/c1-3-6-12(4-2)14-10-11-7-5-8-13-9-11/h1,11-14H,4-10H2,2H3. The van der Waals surface area contributed by atoms with E-state index in [2.05, 4.69) is 23.5 Å². The molecular formula is C12H22N2. The number of nitrogens with one attached hydrogen (secondary N) is 2. The number of hydrogen-bond donors (Lipinski definition) is 2. The van der Waals surface area contributed by atoms with Gasteiger partial charge < -0.3 is 10.6 Å². The zero-order valence-electron chi connectivity index (χ0n) is 9.18. The van der Waals surface area contributed by atoms with Crippen molar-refractivity contribution in [3.63, 3.8) is 0 Å². The van der Waals surface area contributed by atoms with Gasteiger partial charge in [-0.15, -0.1) is 12.3 Å². The minimum Gasteiger partial charge on any atom is -0.316 e. The van der Waals surface area contributed by atoms with Gasteiger partial charge in [0.2, 0.25) is 0 Å². The van der Waals surface area contributed by atoms with Crippen molar-refractivity contribution in [2.24, 2.45) is 5.92 Å². The summed E-state index contributed by atoms with van der Waals surface area (Å²) in [5, 5.41) is 6.99. The summed E-state index contributed by atoms with van der Waals surface area (Å²) in [4.78, 5) is 0. The highest BCUT2D eigenvalue weighted by Crippen LogP contribution is 2.09. The van der Waals surface area contributed by atoms with Gasteiger partial charge in [0.05, 0.1) is 0 Å². The van der Waals surface area contributed by atoms with Crippen molar-refractivity contribution < 1.29 is 0 Å². The molecular weight excluding hydrogens is 172 g/mol. The fraction of sp³-hybridized carbons (Fsp3) is 0.833. The van der Waals surface area contributed by atoms with Crippen LogP contribution in [0.2, 0.25) is 0 Å². The molecule has 0 amide bonds. The summed E-state index contributed by atoms with van der Waals surface area (Å²) in [6, 6.07) is 0.516. The lowest BCUT2D eigenvalue weighted by molar-refractivity contribution is 0.341. The first-order valence-electron chi connectivity index (χ1n) is 5.74. The van der Waals surface area contributed by atoms with Crippen molar-refractivity contribution in [1.29, 1.82) is 0 Å². The van der Waals surface area contributed by atoms with Crippen LogP contribution >= 0.6 is 0 Å². The van der Waals surface area contributed by atoms with Crippen LogP contribution in [0.3, 0.4) is 0 Å². The summed E-state index contributed by atoms with van der Waals surface area (Å²) in [6.07, 6.45) is 9.97. The van der Waals surface area contributed by atoms with Gasteiger partial charge in [-0.1, -0.05) is 6.92 Å². The molecule has 80 valence electrons. The van der Waals surface area contributed by atoms with Crippen LogP contribution < -0.4 is 10.6 Å². The molecule has 1 aliphatic rings. The van der Waals surface area contributed by atoms with Crippen molar-refractivity contribution in [1.82, 2.24) is 10.6 Å². The fourth-order valence-corrected chi connectivity index (χ4v) is 1.93. The van der Waals surface area contributed by atoms with Gasteiger partial charge in [-0.2, -0.15) is 0 Å². The van der Waals surface area contributed by atoms with Crippen LogP contribution in [0.1, 0.15) is 32.6 Å². The Kier molecular flexibility index (Phi) is 5.66. The van der Waals surface area contributed by atoms with Gasteiger partial charge in [0.1, 0.15) is 0 Å². The number of rotatable bonds is 5. The second-order valence-electron chi connectivity index (χ2n) is 4.13. The van der Waals surface area contributed by atoms with Crippen LogP contribution in [0.4, 0.5) is 0 Å². The zero-order chi connectivity index (χ0) is 10.2. The van der Waals surface area contributed by atoms with Crippen LogP contribution in [0, 0.1) is 18.3 Å². The fourth-order valence-electron chi connectivity index (χ4n) is 1.93. The van der Waals surface area contributed by atoms with Crippen molar-refractivity contribution >= 4 is 0 Å². The average Bonchev–Trinajstić information content (AvgIpc) is 2.25. The summed E-state index contributed by atoms with van der Waals surface area (Å²) < 4.78 is 0. The van der Waals surface area contributed by atoms with Gasteiger partial charge in [0.15, 0.2) is 0 Å². The van der Waals surface area contributed by atoms with Crippen LogP contribution in [0.5, 0.6) is 0 Å². The van der Waals surface area contributed by atoms with Crippen molar-refractivity contribution in [3.8, 4) is 12.3 Å². The molecule has 0 aromatic carbocycles. The van der Waals surface area contributed by atoms with Crippen molar-refractivity contribution in [3.05, 3.63) is 0 Å².